The number of aryl methyl sites for hydroxylation is 1. The summed E-state index contributed by atoms with van der Waals surface area (Å²) in [6.07, 6.45) is 0. The van der Waals surface area contributed by atoms with Crippen LogP contribution in [0.2, 0.25) is 0 Å². The summed E-state index contributed by atoms with van der Waals surface area (Å²) in [6, 6.07) is 6.46. The van der Waals surface area contributed by atoms with Gasteiger partial charge in [-0.25, -0.2) is 9.59 Å². The molecule has 0 fully saturated rings. The largest absolute Gasteiger partial charge is 0.327 e. The molecule has 0 saturated carbocycles. The molecule has 0 atom stereocenters. The average Bonchev–Trinajstić information content (AvgIpc) is 2.33. The fraction of sp³-hybridized carbons (Fsp3) is 0.385. The van der Waals surface area contributed by atoms with Gasteiger partial charge in [0, 0.05) is 18.8 Å². The number of nitrogens with zero attached hydrogens (tertiary/aromatic N) is 1. The second kappa shape index (κ2) is 6.64. The van der Waals surface area contributed by atoms with Gasteiger partial charge in [0.15, 0.2) is 0 Å². The molecule has 0 saturated heterocycles. The molecule has 0 aliphatic rings. The Morgan fingerprint density at radius 3 is 2.17 bits per heavy atom. The number of amides is 4. The van der Waals surface area contributed by atoms with E-state index in [1.165, 1.54) is 4.90 Å². The lowest BCUT2D eigenvalue weighted by molar-refractivity contribution is 0.202. The van der Waals surface area contributed by atoms with E-state index in [1.807, 2.05) is 32.9 Å². The van der Waals surface area contributed by atoms with Crippen molar-refractivity contribution in [3.05, 3.63) is 29.8 Å². The molecule has 4 amide bonds. The SMILES string of the molecule is CCN(CC)C(=O)NC(=O)Nc1ccc(C)cc1. The maximum Gasteiger partial charge on any atom is 0.327 e. The first-order valence-electron chi connectivity index (χ1n) is 6.00. The summed E-state index contributed by atoms with van der Waals surface area (Å²) in [5.74, 6) is 0. The highest BCUT2D eigenvalue weighted by Gasteiger charge is 2.12. The van der Waals surface area contributed by atoms with E-state index in [4.69, 9.17) is 0 Å². The van der Waals surface area contributed by atoms with E-state index in [0.717, 1.165) is 5.56 Å². The molecule has 98 valence electrons. The Morgan fingerprint density at radius 1 is 1.11 bits per heavy atom. The Bertz CT molecular complexity index is 411. The van der Waals surface area contributed by atoms with Crippen molar-refractivity contribution < 1.29 is 9.59 Å². The number of urea groups is 2. The van der Waals surface area contributed by atoms with Crippen molar-refractivity contribution in [2.75, 3.05) is 18.4 Å². The number of carbonyl (C=O) groups excluding carboxylic acids is 2. The summed E-state index contributed by atoms with van der Waals surface area (Å²) in [4.78, 5) is 24.7. The van der Waals surface area contributed by atoms with Crippen LogP contribution in [0.25, 0.3) is 0 Å². The van der Waals surface area contributed by atoms with Gasteiger partial charge in [-0.05, 0) is 32.9 Å². The van der Waals surface area contributed by atoms with Crippen molar-refractivity contribution in [3.8, 4) is 0 Å². The van der Waals surface area contributed by atoms with Gasteiger partial charge in [0.05, 0.1) is 0 Å². The van der Waals surface area contributed by atoms with Crippen molar-refractivity contribution in [2.45, 2.75) is 20.8 Å². The molecule has 5 nitrogen and oxygen atoms in total. The fourth-order valence-corrected chi connectivity index (χ4v) is 1.49. The zero-order valence-electron chi connectivity index (χ0n) is 11.0. The van der Waals surface area contributed by atoms with Crippen molar-refractivity contribution in [3.63, 3.8) is 0 Å². The molecule has 0 aromatic heterocycles. The van der Waals surface area contributed by atoms with E-state index < -0.39 is 6.03 Å². The van der Waals surface area contributed by atoms with Gasteiger partial charge < -0.3 is 10.2 Å². The normalized spacial score (nSPS) is 9.72. The zero-order chi connectivity index (χ0) is 13.5. The molecule has 0 radical (unpaired) electrons. The van der Waals surface area contributed by atoms with E-state index in [-0.39, 0.29) is 6.03 Å². The van der Waals surface area contributed by atoms with Crippen LogP contribution in [0, 0.1) is 6.92 Å². The molecular formula is C13H19N3O2. The molecule has 5 heteroatoms. The second-order valence-corrected chi connectivity index (χ2v) is 3.92. The maximum absolute atomic E-state index is 11.6. The van der Waals surface area contributed by atoms with Crippen LogP contribution in [0.3, 0.4) is 0 Å². The number of carbonyl (C=O) groups is 2. The first kappa shape index (κ1) is 14.0. The zero-order valence-corrected chi connectivity index (χ0v) is 11.0. The van der Waals surface area contributed by atoms with Crippen LogP contribution in [0.15, 0.2) is 24.3 Å². The quantitative estimate of drug-likeness (QED) is 0.864. The molecular weight excluding hydrogens is 230 g/mol. The third-order valence-corrected chi connectivity index (χ3v) is 2.58. The van der Waals surface area contributed by atoms with Crippen molar-refractivity contribution in [1.29, 1.82) is 0 Å². The van der Waals surface area contributed by atoms with Crippen LogP contribution in [0.5, 0.6) is 0 Å². The number of anilines is 1. The number of nitrogens with one attached hydrogen (secondary N) is 2. The molecule has 2 N–H and O–H groups in total. The lowest BCUT2D eigenvalue weighted by Crippen LogP contribution is -2.44. The van der Waals surface area contributed by atoms with Gasteiger partial charge in [0.1, 0.15) is 0 Å². The third-order valence-electron chi connectivity index (χ3n) is 2.58. The van der Waals surface area contributed by atoms with E-state index in [2.05, 4.69) is 10.6 Å². The summed E-state index contributed by atoms with van der Waals surface area (Å²) in [6.45, 7) is 6.83. The highest BCUT2D eigenvalue weighted by molar-refractivity contribution is 6.00. The van der Waals surface area contributed by atoms with E-state index in [1.54, 1.807) is 12.1 Å². The summed E-state index contributed by atoms with van der Waals surface area (Å²) in [5, 5.41) is 4.89. The molecule has 0 unspecified atom stereocenters. The smallest absolute Gasteiger partial charge is 0.325 e. The predicted molar refractivity (Wildman–Crippen MR) is 71.7 cm³/mol. The van der Waals surface area contributed by atoms with Crippen LogP contribution in [0.1, 0.15) is 19.4 Å². The van der Waals surface area contributed by atoms with Crippen LogP contribution in [-0.2, 0) is 0 Å². The molecule has 0 spiro atoms. The lowest BCUT2D eigenvalue weighted by atomic mass is 10.2. The standard InChI is InChI=1S/C13H19N3O2/c1-4-16(5-2)13(18)15-12(17)14-11-8-6-10(3)7-9-11/h6-9H,4-5H2,1-3H3,(H2,14,15,17,18). The van der Waals surface area contributed by atoms with Gasteiger partial charge in [-0.1, -0.05) is 17.7 Å². The minimum atomic E-state index is -0.518. The molecule has 0 aliphatic heterocycles. The van der Waals surface area contributed by atoms with Crippen LogP contribution in [0.4, 0.5) is 15.3 Å². The van der Waals surface area contributed by atoms with Crippen LogP contribution in [-0.4, -0.2) is 30.1 Å². The Kier molecular flexibility index (Phi) is 5.17. The molecule has 18 heavy (non-hydrogen) atoms. The molecule has 0 bridgehead atoms. The summed E-state index contributed by atoms with van der Waals surface area (Å²) in [5.41, 5.74) is 1.77. The highest BCUT2D eigenvalue weighted by atomic mass is 16.2. The van der Waals surface area contributed by atoms with E-state index in [0.29, 0.717) is 18.8 Å². The highest BCUT2D eigenvalue weighted by Crippen LogP contribution is 2.08. The summed E-state index contributed by atoms with van der Waals surface area (Å²) < 4.78 is 0. The van der Waals surface area contributed by atoms with Crippen LogP contribution >= 0.6 is 0 Å². The number of benzene rings is 1. The summed E-state index contributed by atoms with van der Waals surface area (Å²) in [7, 11) is 0. The first-order chi connectivity index (χ1) is 8.56. The number of hydrogen-bond acceptors (Lipinski definition) is 2. The first-order valence-corrected chi connectivity index (χ1v) is 6.00. The minimum Gasteiger partial charge on any atom is -0.325 e. The van der Waals surface area contributed by atoms with E-state index >= 15 is 0 Å². The van der Waals surface area contributed by atoms with Gasteiger partial charge in [-0.3, -0.25) is 5.32 Å². The average molecular weight is 249 g/mol. The van der Waals surface area contributed by atoms with Crippen LogP contribution < -0.4 is 10.6 Å². The number of imide groups is 1. The van der Waals surface area contributed by atoms with Gasteiger partial charge >= 0.3 is 12.1 Å². The number of hydrogen-bond donors (Lipinski definition) is 2. The maximum atomic E-state index is 11.6. The third kappa shape index (κ3) is 4.08. The monoisotopic (exact) mass is 249 g/mol. The van der Waals surface area contributed by atoms with Crippen molar-refractivity contribution in [1.82, 2.24) is 10.2 Å². The Morgan fingerprint density at radius 2 is 1.67 bits per heavy atom. The van der Waals surface area contributed by atoms with E-state index in [9.17, 15) is 9.59 Å². The summed E-state index contributed by atoms with van der Waals surface area (Å²) >= 11 is 0. The second-order valence-electron chi connectivity index (χ2n) is 3.92. The van der Waals surface area contributed by atoms with Crippen molar-refractivity contribution >= 4 is 17.7 Å². The minimum absolute atomic E-state index is 0.385. The Balaban J connectivity index is 2.51. The molecule has 0 heterocycles. The lowest BCUT2D eigenvalue weighted by Gasteiger charge is -2.18. The van der Waals surface area contributed by atoms with Gasteiger partial charge in [-0.2, -0.15) is 0 Å². The fourth-order valence-electron chi connectivity index (χ4n) is 1.49. The molecule has 1 aromatic rings. The van der Waals surface area contributed by atoms with Crippen molar-refractivity contribution in [2.24, 2.45) is 0 Å². The Hall–Kier alpha value is -2.04. The number of rotatable bonds is 3. The molecule has 1 aromatic carbocycles. The predicted octanol–water partition coefficient (Wildman–Crippen LogP) is 2.58. The van der Waals surface area contributed by atoms with Gasteiger partial charge in [0.2, 0.25) is 0 Å². The topological polar surface area (TPSA) is 61.4 Å². The van der Waals surface area contributed by atoms with Gasteiger partial charge in [-0.15, -0.1) is 0 Å². The molecule has 0 aliphatic carbocycles. The Labute approximate surface area is 107 Å². The van der Waals surface area contributed by atoms with Gasteiger partial charge in [0.25, 0.3) is 0 Å². The molecule has 1 rings (SSSR count).